The number of nitriles is 1. The largest absolute Gasteiger partial charge is 0.371 e. The van der Waals surface area contributed by atoms with Crippen molar-refractivity contribution in [2.24, 2.45) is 0 Å². The van der Waals surface area contributed by atoms with Crippen molar-refractivity contribution in [2.75, 3.05) is 36.4 Å². The second-order valence-corrected chi connectivity index (χ2v) is 7.57. The molecule has 2 aromatic rings. The number of halogens is 2. The zero-order valence-electron chi connectivity index (χ0n) is 15.8. The van der Waals surface area contributed by atoms with Crippen LogP contribution >= 0.6 is 23.2 Å². The predicted octanol–water partition coefficient (Wildman–Crippen LogP) is 3.64. The average molecular weight is 433 g/mol. The standard InChI is InChI=1S/C20H22Cl2N6O/c21-15-11-18(22)19(26-13-15)24-7-8-25-20(29)27-16-5-9-28(10-6-16)17-3-1-14(12-23)2-4-17/h1-4,11,13,16H,5-10H2,(H,24,26)(H2,25,27,29). The van der Waals surface area contributed by atoms with Gasteiger partial charge in [-0.05, 0) is 43.2 Å². The number of aromatic nitrogens is 1. The molecule has 1 aromatic heterocycles. The lowest BCUT2D eigenvalue weighted by molar-refractivity contribution is 0.235. The van der Waals surface area contributed by atoms with Crippen molar-refractivity contribution < 1.29 is 4.79 Å². The van der Waals surface area contributed by atoms with Crippen LogP contribution in [0.3, 0.4) is 0 Å². The Morgan fingerprint density at radius 3 is 2.59 bits per heavy atom. The summed E-state index contributed by atoms with van der Waals surface area (Å²) in [5.41, 5.74) is 1.76. The summed E-state index contributed by atoms with van der Waals surface area (Å²) in [6.45, 7) is 2.66. The molecule has 1 aliphatic heterocycles. The van der Waals surface area contributed by atoms with Crippen molar-refractivity contribution in [3.05, 3.63) is 52.1 Å². The second-order valence-electron chi connectivity index (χ2n) is 6.73. The highest BCUT2D eigenvalue weighted by Gasteiger charge is 2.20. The first-order chi connectivity index (χ1) is 14.0. The highest BCUT2D eigenvalue weighted by Crippen LogP contribution is 2.22. The van der Waals surface area contributed by atoms with Crippen molar-refractivity contribution >= 4 is 40.7 Å². The van der Waals surface area contributed by atoms with E-state index in [2.05, 4.69) is 31.9 Å². The molecule has 9 heteroatoms. The summed E-state index contributed by atoms with van der Waals surface area (Å²) in [5.74, 6) is 0.536. The molecule has 1 aliphatic rings. The number of piperidine rings is 1. The third kappa shape index (κ3) is 6.14. The molecular formula is C20H22Cl2N6O. The molecule has 2 heterocycles. The summed E-state index contributed by atoms with van der Waals surface area (Å²) in [6, 6.07) is 11.3. The Morgan fingerprint density at radius 1 is 1.21 bits per heavy atom. The molecule has 0 bridgehead atoms. The third-order valence-electron chi connectivity index (χ3n) is 4.70. The molecule has 0 unspecified atom stereocenters. The van der Waals surface area contributed by atoms with E-state index in [4.69, 9.17) is 28.5 Å². The summed E-state index contributed by atoms with van der Waals surface area (Å²) < 4.78 is 0. The number of carbonyl (C=O) groups excluding carboxylic acids is 1. The molecule has 3 rings (SSSR count). The molecule has 0 radical (unpaired) electrons. The van der Waals surface area contributed by atoms with E-state index >= 15 is 0 Å². The Kier molecular flexibility index (Phi) is 7.39. The smallest absolute Gasteiger partial charge is 0.315 e. The van der Waals surface area contributed by atoms with Crippen LogP contribution in [0.1, 0.15) is 18.4 Å². The molecule has 29 heavy (non-hydrogen) atoms. The van der Waals surface area contributed by atoms with Crippen molar-refractivity contribution in [3.63, 3.8) is 0 Å². The lowest BCUT2D eigenvalue weighted by atomic mass is 10.0. The number of anilines is 2. The fourth-order valence-corrected chi connectivity index (χ4v) is 3.61. The van der Waals surface area contributed by atoms with Gasteiger partial charge in [0, 0.05) is 44.1 Å². The second kappa shape index (κ2) is 10.2. The van der Waals surface area contributed by atoms with Crippen molar-refractivity contribution in [2.45, 2.75) is 18.9 Å². The molecule has 1 aromatic carbocycles. The van der Waals surface area contributed by atoms with Gasteiger partial charge in [0.25, 0.3) is 0 Å². The third-order valence-corrected chi connectivity index (χ3v) is 5.20. The summed E-state index contributed by atoms with van der Waals surface area (Å²) in [6.07, 6.45) is 3.26. The van der Waals surface area contributed by atoms with Crippen LogP contribution in [0.2, 0.25) is 10.0 Å². The number of amides is 2. The molecular weight excluding hydrogens is 411 g/mol. The van der Waals surface area contributed by atoms with Crippen molar-refractivity contribution in [3.8, 4) is 6.07 Å². The summed E-state index contributed by atoms with van der Waals surface area (Å²) in [7, 11) is 0. The molecule has 1 saturated heterocycles. The van der Waals surface area contributed by atoms with Gasteiger partial charge in [-0.25, -0.2) is 9.78 Å². The van der Waals surface area contributed by atoms with Gasteiger partial charge < -0.3 is 20.9 Å². The highest BCUT2D eigenvalue weighted by atomic mass is 35.5. The first kappa shape index (κ1) is 21.0. The van der Waals surface area contributed by atoms with Gasteiger partial charge in [-0.15, -0.1) is 0 Å². The monoisotopic (exact) mass is 432 g/mol. The van der Waals surface area contributed by atoms with E-state index in [1.165, 1.54) is 6.20 Å². The lowest BCUT2D eigenvalue weighted by Gasteiger charge is -2.34. The fourth-order valence-electron chi connectivity index (χ4n) is 3.17. The van der Waals surface area contributed by atoms with E-state index in [9.17, 15) is 4.79 Å². The van der Waals surface area contributed by atoms with Crippen LogP contribution in [0.25, 0.3) is 0 Å². The van der Waals surface area contributed by atoms with Gasteiger partial charge in [0.15, 0.2) is 0 Å². The minimum absolute atomic E-state index is 0.143. The molecule has 0 atom stereocenters. The van der Waals surface area contributed by atoms with E-state index < -0.39 is 0 Å². The molecule has 152 valence electrons. The van der Waals surface area contributed by atoms with Gasteiger partial charge >= 0.3 is 6.03 Å². The zero-order chi connectivity index (χ0) is 20.6. The molecule has 7 nitrogen and oxygen atoms in total. The minimum atomic E-state index is -0.182. The summed E-state index contributed by atoms with van der Waals surface area (Å²) >= 11 is 11.9. The number of pyridine rings is 1. The number of benzene rings is 1. The Balaban J connectivity index is 1.34. The van der Waals surface area contributed by atoms with Crippen LogP contribution in [0.15, 0.2) is 36.5 Å². The van der Waals surface area contributed by atoms with Gasteiger partial charge in [-0.2, -0.15) is 5.26 Å². The lowest BCUT2D eigenvalue weighted by Crippen LogP contribution is -2.48. The maximum absolute atomic E-state index is 12.1. The normalized spacial score (nSPS) is 14.2. The van der Waals surface area contributed by atoms with Crippen LogP contribution in [-0.2, 0) is 0 Å². The van der Waals surface area contributed by atoms with Crippen LogP contribution in [0.5, 0.6) is 0 Å². The average Bonchev–Trinajstić information content (AvgIpc) is 2.73. The zero-order valence-corrected chi connectivity index (χ0v) is 17.3. The number of nitrogens with zero attached hydrogens (tertiary/aromatic N) is 3. The molecule has 0 saturated carbocycles. The number of hydrogen-bond donors (Lipinski definition) is 3. The van der Waals surface area contributed by atoms with Crippen LogP contribution in [0.4, 0.5) is 16.3 Å². The summed E-state index contributed by atoms with van der Waals surface area (Å²) in [5, 5.41) is 18.7. The molecule has 0 aliphatic carbocycles. The Morgan fingerprint density at radius 2 is 1.93 bits per heavy atom. The quantitative estimate of drug-likeness (QED) is 0.605. The van der Waals surface area contributed by atoms with Crippen LogP contribution in [-0.4, -0.2) is 43.2 Å². The summed E-state index contributed by atoms with van der Waals surface area (Å²) in [4.78, 5) is 18.5. The Bertz CT molecular complexity index is 876. The highest BCUT2D eigenvalue weighted by molar-refractivity contribution is 6.35. The van der Waals surface area contributed by atoms with Crippen molar-refractivity contribution in [1.82, 2.24) is 15.6 Å². The number of rotatable bonds is 6. The van der Waals surface area contributed by atoms with Gasteiger partial charge in [-0.3, -0.25) is 0 Å². The van der Waals surface area contributed by atoms with Crippen LogP contribution in [0, 0.1) is 11.3 Å². The fraction of sp³-hybridized carbons (Fsp3) is 0.350. The number of nitrogens with one attached hydrogen (secondary N) is 3. The number of hydrogen-bond acceptors (Lipinski definition) is 5. The van der Waals surface area contributed by atoms with E-state index in [0.717, 1.165) is 31.6 Å². The Labute approximate surface area is 180 Å². The maximum atomic E-state index is 12.1. The van der Waals surface area contributed by atoms with Crippen molar-refractivity contribution in [1.29, 1.82) is 5.26 Å². The number of carbonyl (C=O) groups is 1. The minimum Gasteiger partial charge on any atom is -0.371 e. The van der Waals surface area contributed by atoms with E-state index in [-0.39, 0.29) is 12.1 Å². The van der Waals surface area contributed by atoms with Crippen LogP contribution < -0.4 is 20.9 Å². The maximum Gasteiger partial charge on any atom is 0.315 e. The number of urea groups is 1. The van der Waals surface area contributed by atoms with E-state index in [1.807, 2.05) is 24.3 Å². The first-order valence-electron chi connectivity index (χ1n) is 9.39. The molecule has 2 amide bonds. The van der Waals surface area contributed by atoms with Gasteiger partial charge in [0.1, 0.15) is 5.82 Å². The SMILES string of the molecule is N#Cc1ccc(N2CCC(NC(=O)NCCNc3ncc(Cl)cc3Cl)CC2)cc1. The molecule has 0 spiro atoms. The van der Waals surface area contributed by atoms with Gasteiger partial charge in [-0.1, -0.05) is 23.2 Å². The Hall–Kier alpha value is -2.69. The van der Waals surface area contributed by atoms with E-state index in [1.54, 1.807) is 6.07 Å². The van der Waals surface area contributed by atoms with E-state index in [0.29, 0.717) is 34.5 Å². The van der Waals surface area contributed by atoms with Gasteiger partial charge in [0.2, 0.25) is 0 Å². The predicted molar refractivity (Wildman–Crippen MR) is 116 cm³/mol. The molecule has 1 fully saturated rings. The molecule has 3 N–H and O–H groups in total. The topological polar surface area (TPSA) is 93.1 Å². The first-order valence-corrected chi connectivity index (χ1v) is 10.1. The van der Waals surface area contributed by atoms with Gasteiger partial charge in [0.05, 0.1) is 21.7 Å².